The molecule has 0 saturated carbocycles. The minimum absolute atomic E-state index is 0.236. The molecular weight excluding hydrogens is 200 g/mol. The average molecular weight is 220 g/mol. The van der Waals surface area contributed by atoms with Crippen molar-refractivity contribution in [2.45, 2.75) is 25.9 Å². The molecule has 0 spiro atoms. The van der Waals surface area contributed by atoms with E-state index in [1.807, 2.05) is 0 Å². The van der Waals surface area contributed by atoms with Gasteiger partial charge in [-0.2, -0.15) is 0 Å². The number of nitrogens with two attached hydrogens (primary N) is 1. The number of hydrogen-bond acceptors (Lipinski definition) is 3. The zero-order chi connectivity index (χ0) is 11.5. The highest BCUT2D eigenvalue weighted by atomic mass is 16.3. The molecule has 1 saturated heterocycles. The molecular formula is C13H20N2O. The Morgan fingerprint density at radius 1 is 1.38 bits per heavy atom. The van der Waals surface area contributed by atoms with E-state index in [9.17, 15) is 5.11 Å². The Morgan fingerprint density at radius 3 is 2.62 bits per heavy atom. The topological polar surface area (TPSA) is 49.5 Å². The van der Waals surface area contributed by atoms with Crippen LogP contribution in [0.3, 0.4) is 0 Å². The Labute approximate surface area is 96.9 Å². The van der Waals surface area contributed by atoms with Crippen LogP contribution < -0.4 is 10.6 Å². The van der Waals surface area contributed by atoms with E-state index in [4.69, 9.17) is 5.73 Å². The summed E-state index contributed by atoms with van der Waals surface area (Å²) in [5.74, 6) is 0.569. The van der Waals surface area contributed by atoms with Crippen LogP contribution in [-0.2, 0) is 6.54 Å². The molecule has 1 aromatic rings. The van der Waals surface area contributed by atoms with Gasteiger partial charge in [0.25, 0.3) is 0 Å². The van der Waals surface area contributed by atoms with Crippen LogP contribution in [0.4, 0.5) is 5.69 Å². The van der Waals surface area contributed by atoms with Crippen molar-refractivity contribution in [3.63, 3.8) is 0 Å². The highest BCUT2D eigenvalue weighted by Crippen LogP contribution is 2.29. The van der Waals surface area contributed by atoms with E-state index in [0.717, 1.165) is 18.5 Å². The van der Waals surface area contributed by atoms with Gasteiger partial charge in [0.05, 0.1) is 12.6 Å². The fraction of sp³-hybridized carbons (Fsp3) is 0.538. The monoisotopic (exact) mass is 220 g/mol. The Morgan fingerprint density at radius 2 is 2.06 bits per heavy atom. The summed E-state index contributed by atoms with van der Waals surface area (Å²) >= 11 is 0. The number of aliphatic hydroxyl groups excluding tert-OH is 1. The molecule has 3 heteroatoms. The number of hydrogen-bond donors (Lipinski definition) is 2. The van der Waals surface area contributed by atoms with Gasteiger partial charge in [-0.05, 0) is 30.0 Å². The fourth-order valence-electron chi connectivity index (χ4n) is 2.43. The molecule has 0 bridgehead atoms. The third kappa shape index (κ3) is 2.06. The van der Waals surface area contributed by atoms with Crippen LogP contribution >= 0.6 is 0 Å². The number of aliphatic hydroxyl groups is 1. The Bertz CT molecular complexity index is 336. The molecule has 1 aliphatic heterocycles. The second-order valence-corrected chi connectivity index (χ2v) is 4.58. The summed E-state index contributed by atoms with van der Waals surface area (Å²) in [7, 11) is 0. The predicted octanol–water partition coefficient (Wildman–Crippen LogP) is 1.35. The average Bonchev–Trinajstić information content (AvgIpc) is 2.70. The molecule has 2 rings (SSSR count). The van der Waals surface area contributed by atoms with Gasteiger partial charge >= 0.3 is 0 Å². The summed E-state index contributed by atoms with van der Waals surface area (Å²) in [5, 5.41) is 9.41. The van der Waals surface area contributed by atoms with E-state index in [2.05, 4.69) is 36.1 Å². The van der Waals surface area contributed by atoms with Crippen molar-refractivity contribution in [3.8, 4) is 0 Å². The minimum atomic E-state index is 0.236. The van der Waals surface area contributed by atoms with Crippen LogP contribution in [0.5, 0.6) is 0 Å². The van der Waals surface area contributed by atoms with Gasteiger partial charge in [-0.1, -0.05) is 19.1 Å². The van der Waals surface area contributed by atoms with Gasteiger partial charge in [-0.3, -0.25) is 0 Å². The molecule has 2 unspecified atom stereocenters. The molecule has 0 aromatic heterocycles. The number of anilines is 1. The number of benzene rings is 1. The molecule has 0 radical (unpaired) electrons. The normalized spacial score (nSPS) is 25.1. The Kier molecular flexibility index (Phi) is 3.46. The number of rotatable bonds is 3. The summed E-state index contributed by atoms with van der Waals surface area (Å²) in [6.45, 7) is 4.06. The standard InChI is InChI=1S/C13H20N2O/c1-10-6-7-15(13(10)9-16)12-4-2-11(8-14)3-5-12/h2-5,10,13,16H,6-9,14H2,1H3. The maximum absolute atomic E-state index is 9.41. The van der Waals surface area contributed by atoms with Crippen molar-refractivity contribution >= 4 is 5.69 Å². The first-order valence-electron chi connectivity index (χ1n) is 5.92. The third-order valence-corrected chi connectivity index (χ3v) is 3.57. The predicted molar refractivity (Wildman–Crippen MR) is 66.3 cm³/mol. The zero-order valence-electron chi connectivity index (χ0n) is 9.76. The van der Waals surface area contributed by atoms with Gasteiger partial charge in [-0.15, -0.1) is 0 Å². The molecule has 0 aliphatic carbocycles. The van der Waals surface area contributed by atoms with Gasteiger partial charge < -0.3 is 15.7 Å². The van der Waals surface area contributed by atoms with Crippen LogP contribution in [-0.4, -0.2) is 24.3 Å². The molecule has 1 fully saturated rings. The quantitative estimate of drug-likeness (QED) is 0.808. The molecule has 1 aliphatic rings. The second kappa shape index (κ2) is 4.85. The summed E-state index contributed by atoms with van der Waals surface area (Å²) in [6.07, 6.45) is 1.16. The molecule has 3 N–H and O–H groups in total. The van der Waals surface area contributed by atoms with Crippen molar-refractivity contribution in [2.24, 2.45) is 11.7 Å². The smallest absolute Gasteiger partial charge is 0.0637 e. The highest BCUT2D eigenvalue weighted by Gasteiger charge is 2.30. The molecule has 1 heterocycles. The highest BCUT2D eigenvalue weighted by molar-refractivity contribution is 5.49. The van der Waals surface area contributed by atoms with Crippen molar-refractivity contribution in [1.29, 1.82) is 0 Å². The largest absolute Gasteiger partial charge is 0.394 e. The molecule has 16 heavy (non-hydrogen) atoms. The first kappa shape index (κ1) is 11.4. The SMILES string of the molecule is CC1CCN(c2ccc(CN)cc2)C1CO. The third-order valence-electron chi connectivity index (χ3n) is 3.57. The van der Waals surface area contributed by atoms with Crippen molar-refractivity contribution < 1.29 is 5.11 Å². The Hall–Kier alpha value is -1.06. The first-order chi connectivity index (χ1) is 7.76. The van der Waals surface area contributed by atoms with Gasteiger partial charge in [0, 0.05) is 18.8 Å². The first-order valence-corrected chi connectivity index (χ1v) is 5.92. The lowest BCUT2D eigenvalue weighted by Gasteiger charge is -2.27. The maximum Gasteiger partial charge on any atom is 0.0637 e. The molecule has 2 atom stereocenters. The number of nitrogens with zero attached hydrogens (tertiary/aromatic N) is 1. The van der Waals surface area contributed by atoms with Crippen LogP contribution in [0.25, 0.3) is 0 Å². The molecule has 0 amide bonds. The summed E-state index contributed by atoms with van der Waals surface area (Å²) in [4.78, 5) is 2.30. The zero-order valence-corrected chi connectivity index (χ0v) is 9.76. The van der Waals surface area contributed by atoms with E-state index in [1.54, 1.807) is 0 Å². The Balaban J connectivity index is 2.17. The van der Waals surface area contributed by atoms with Gasteiger partial charge in [0.15, 0.2) is 0 Å². The van der Waals surface area contributed by atoms with Crippen molar-refractivity contribution in [3.05, 3.63) is 29.8 Å². The lowest BCUT2D eigenvalue weighted by atomic mass is 10.0. The molecule has 3 nitrogen and oxygen atoms in total. The van der Waals surface area contributed by atoms with E-state index < -0.39 is 0 Å². The maximum atomic E-state index is 9.41. The van der Waals surface area contributed by atoms with Gasteiger partial charge in [0.1, 0.15) is 0 Å². The van der Waals surface area contributed by atoms with E-state index in [1.165, 1.54) is 5.69 Å². The van der Waals surface area contributed by atoms with Crippen LogP contribution in [0.1, 0.15) is 18.9 Å². The summed E-state index contributed by atoms with van der Waals surface area (Å²) in [6, 6.07) is 8.59. The van der Waals surface area contributed by atoms with Crippen LogP contribution in [0.15, 0.2) is 24.3 Å². The summed E-state index contributed by atoms with van der Waals surface area (Å²) in [5.41, 5.74) is 7.92. The fourth-order valence-corrected chi connectivity index (χ4v) is 2.43. The van der Waals surface area contributed by atoms with Crippen LogP contribution in [0, 0.1) is 5.92 Å². The van der Waals surface area contributed by atoms with Crippen molar-refractivity contribution in [2.75, 3.05) is 18.1 Å². The van der Waals surface area contributed by atoms with Crippen molar-refractivity contribution in [1.82, 2.24) is 0 Å². The lowest BCUT2D eigenvalue weighted by molar-refractivity contribution is 0.245. The van der Waals surface area contributed by atoms with E-state index >= 15 is 0 Å². The lowest BCUT2D eigenvalue weighted by Crippen LogP contribution is -2.35. The second-order valence-electron chi connectivity index (χ2n) is 4.58. The van der Waals surface area contributed by atoms with Gasteiger partial charge in [-0.25, -0.2) is 0 Å². The van der Waals surface area contributed by atoms with E-state index in [0.29, 0.717) is 12.5 Å². The molecule has 1 aromatic carbocycles. The minimum Gasteiger partial charge on any atom is -0.394 e. The summed E-state index contributed by atoms with van der Waals surface area (Å²) < 4.78 is 0. The van der Waals surface area contributed by atoms with Gasteiger partial charge in [0.2, 0.25) is 0 Å². The van der Waals surface area contributed by atoms with E-state index in [-0.39, 0.29) is 12.6 Å². The molecule has 88 valence electrons. The van der Waals surface area contributed by atoms with Crippen LogP contribution in [0.2, 0.25) is 0 Å².